The number of amides is 1. The summed E-state index contributed by atoms with van der Waals surface area (Å²) in [7, 11) is -3.50. The van der Waals surface area contributed by atoms with E-state index in [-0.39, 0.29) is 50.2 Å². The van der Waals surface area contributed by atoms with E-state index in [1.54, 1.807) is 29.2 Å². The second-order valence-corrected chi connectivity index (χ2v) is 10.6. The van der Waals surface area contributed by atoms with Gasteiger partial charge >= 0.3 is 6.18 Å². The first-order chi connectivity index (χ1) is 16.1. The predicted octanol–water partition coefficient (Wildman–Crippen LogP) is 2.99. The van der Waals surface area contributed by atoms with Gasteiger partial charge in [-0.1, -0.05) is 30.3 Å². The standard InChI is InChI=1S/C23H27F3N4O3S/c24-23(25,26)20-9-4-10-27-21(20)29-11-5-8-19(16-29)22(31)28-12-14-30(15-13-28)34(32,33)17-18-6-2-1-3-7-18/h1-4,6-7,9-10,19H,5,8,11-17H2. The van der Waals surface area contributed by atoms with E-state index < -0.39 is 27.7 Å². The van der Waals surface area contributed by atoms with E-state index >= 15 is 0 Å². The molecule has 4 rings (SSSR count). The first-order valence-corrected chi connectivity index (χ1v) is 12.8. The molecule has 11 heteroatoms. The van der Waals surface area contributed by atoms with Gasteiger partial charge in [0.1, 0.15) is 5.82 Å². The van der Waals surface area contributed by atoms with E-state index in [1.165, 1.54) is 21.5 Å². The Labute approximate surface area is 197 Å². The van der Waals surface area contributed by atoms with Crippen molar-refractivity contribution in [3.63, 3.8) is 0 Å². The predicted molar refractivity (Wildman–Crippen MR) is 121 cm³/mol. The molecule has 2 aromatic rings. The van der Waals surface area contributed by atoms with Crippen LogP contribution in [0.25, 0.3) is 0 Å². The van der Waals surface area contributed by atoms with Crippen molar-refractivity contribution >= 4 is 21.7 Å². The smallest absolute Gasteiger partial charge is 0.355 e. The Morgan fingerprint density at radius 2 is 1.71 bits per heavy atom. The van der Waals surface area contributed by atoms with Gasteiger partial charge in [-0.25, -0.2) is 13.4 Å². The van der Waals surface area contributed by atoms with Crippen molar-refractivity contribution in [3.8, 4) is 0 Å². The average molecular weight is 497 g/mol. The van der Waals surface area contributed by atoms with Gasteiger partial charge in [0, 0.05) is 45.5 Å². The number of carbonyl (C=O) groups is 1. The number of nitrogens with zero attached hydrogens (tertiary/aromatic N) is 4. The number of hydrogen-bond donors (Lipinski definition) is 0. The molecular formula is C23H27F3N4O3S. The van der Waals surface area contributed by atoms with Gasteiger partial charge in [0.2, 0.25) is 15.9 Å². The van der Waals surface area contributed by atoms with Gasteiger partial charge in [-0.2, -0.15) is 17.5 Å². The number of benzene rings is 1. The molecule has 3 heterocycles. The number of sulfonamides is 1. The lowest BCUT2D eigenvalue weighted by Crippen LogP contribution is -2.54. The number of piperidine rings is 1. The third kappa shape index (κ3) is 5.52. The van der Waals surface area contributed by atoms with Gasteiger partial charge < -0.3 is 9.80 Å². The number of carbonyl (C=O) groups excluding carboxylic acids is 1. The van der Waals surface area contributed by atoms with E-state index in [0.717, 1.165) is 6.07 Å². The van der Waals surface area contributed by atoms with Crippen LogP contribution in [-0.4, -0.2) is 67.8 Å². The lowest BCUT2D eigenvalue weighted by molar-refractivity contribution is -0.137. The monoisotopic (exact) mass is 496 g/mol. The van der Waals surface area contributed by atoms with Crippen molar-refractivity contribution in [2.24, 2.45) is 5.92 Å². The zero-order chi connectivity index (χ0) is 24.3. The van der Waals surface area contributed by atoms with Crippen LogP contribution in [0.15, 0.2) is 48.7 Å². The number of anilines is 1. The van der Waals surface area contributed by atoms with E-state index in [9.17, 15) is 26.4 Å². The number of alkyl halides is 3. The summed E-state index contributed by atoms with van der Waals surface area (Å²) in [6.45, 7) is 1.49. The molecule has 1 aromatic heterocycles. The minimum absolute atomic E-state index is 0.0923. The molecule has 0 aliphatic carbocycles. The van der Waals surface area contributed by atoms with Gasteiger partial charge in [0.05, 0.1) is 17.2 Å². The second kappa shape index (κ2) is 9.91. The summed E-state index contributed by atoms with van der Waals surface area (Å²) in [6.07, 6.45) is -2.04. The molecule has 2 saturated heterocycles. The first-order valence-electron chi connectivity index (χ1n) is 11.2. The highest BCUT2D eigenvalue weighted by atomic mass is 32.2. The minimum Gasteiger partial charge on any atom is -0.355 e. The maximum atomic E-state index is 13.4. The van der Waals surface area contributed by atoms with Crippen molar-refractivity contribution < 1.29 is 26.4 Å². The Morgan fingerprint density at radius 3 is 2.38 bits per heavy atom. The van der Waals surface area contributed by atoms with E-state index in [0.29, 0.717) is 24.9 Å². The van der Waals surface area contributed by atoms with Crippen LogP contribution in [0.3, 0.4) is 0 Å². The second-order valence-electron chi connectivity index (χ2n) is 8.62. The summed E-state index contributed by atoms with van der Waals surface area (Å²) in [5.74, 6) is -0.840. The first kappa shape index (κ1) is 24.5. The Kier molecular flexibility index (Phi) is 7.13. The summed E-state index contributed by atoms with van der Waals surface area (Å²) >= 11 is 0. The summed E-state index contributed by atoms with van der Waals surface area (Å²) in [5, 5.41) is 0. The molecule has 1 unspecified atom stereocenters. The van der Waals surface area contributed by atoms with Crippen LogP contribution < -0.4 is 4.90 Å². The number of aromatic nitrogens is 1. The Hall–Kier alpha value is -2.66. The molecule has 0 N–H and O–H groups in total. The Morgan fingerprint density at radius 1 is 1.00 bits per heavy atom. The fraction of sp³-hybridized carbons (Fsp3) is 0.478. The highest BCUT2D eigenvalue weighted by Gasteiger charge is 2.38. The normalized spacial score (nSPS) is 20.4. The third-order valence-corrected chi connectivity index (χ3v) is 8.15. The topological polar surface area (TPSA) is 73.8 Å². The van der Waals surface area contributed by atoms with Gasteiger partial charge in [-0.3, -0.25) is 4.79 Å². The molecule has 1 amide bonds. The summed E-state index contributed by atoms with van der Waals surface area (Å²) in [4.78, 5) is 20.3. The highest BCUT2D eigenvalue weighted by Crippen LogP contribution is 2.36. The molecule has 2 fully saturated rings. The number of rotatable bonds is 5. The van der Waals surface area contributed by atoms with Crippen molar-refractivity contribution in [3.05, 3.63) is 59.8 Å². The lowest BCUT2D eigenvalue weighted by atomic mass is 9.95. The Balaban J connectivity index is 1.37. The summed E-state index contributed by atoms with van der Waals surface area (Å²) in [5.41, 5.74) is -0.101. The van der Waals surface area contributed by atoms with Crippen molar-refractivity contribution in [2.45, 2.75) is 24.8 Å². The van der Waals surface area contributed by atoms with Crippen LogP contribution in [0, 0.1) is 5.92 Å². The van der Waals surface area contributed by atoms with Crippen LogP contribution >= 0.6 is 0 Å². The fourth-order valence-electron chi connectivity index (χ4n) is 4.56. The quantitative estimate of drug-likeness (QED) is 0.637. The largest absolute Gasteiger partial charge is 0.419 e. The van der Waals surface area contributed by atoms with E-state index in [4.69, 9.17) is 0 Å². The molecular weight excluding hydrogens is 469 g/mol. The molecule has 2 aliphatic rings. The molecule has 0 saturated carbocycles. The maximum absolute atomic E-state index is 13.4. The highest BCUT2D eigenvalue weighted by molar-refractivity contribution is 7.88. The molecule has 34 heavy (non-hydrogen) atoms. The van der Waals surface area contributed by atoms with E-state index in [1.807, 2.05) is 6.07 Å². The van der Waals surface area contributed by atoms with Crippen molar-refractivity contribution in [2.75, 3.05) is 44.2 Å². The van der Waals surface area contributed by atoms with Gasteiger partial charge in [0.25, 0.3) is 0 Å². The molecule has 0 spiro atoms. The van der Waals surface area contributed by atoms with Crippen LogP contribution in [-0.2, 0) is 26.7 Å². The molecule has 184 valence electrons. The minimum atomic E-state index is -4.53. The van der Waals surface area contributed by atoms with Crippen molar-refractivity contribution in [1.82, 2.24) is 14.2 Å². The molecule has 0 bridgehead atoms. The lowest BCUT2D eigenvalue weighted by Gasteiger charge is -2.39. The van der Waals surface area contributed by atoms with Gasteiger partial charge in [-0.05, 0) is 30.5 Å². The van der Waals surface area contributed by atoms with Gasteiger partial charge in [-0.15, -0.1) is 0 Å². The molecule has 7 nitrogen and oxygen atoms in total. The number of hydrogen-bond acceptors (Lipinski definition) is 5. The summed E-state index contributed by atoms with van der Waals surface area (Å²) in [6, 6.07) is 11.2. The summed E-state index contributed by atoms with van der Waals surface area (Å²) < 4.78 is 67.2. The zero-order valence-electron chi connectivity index (χ0n) is 18.6. The van der Waals surface area contributed by atoms with Crippen LogP contribution in [0.1, 0.15) is 24.0 Å². The van der Waals surface area contributed by atoms with Crippen LogP contribution in [0.4, 0.5) is 19.0 Å². The third-order valence-electron chi connectivity index (χ3n) is 6.30. The Bertz CT molecular complexity index is 1100. The van der Waals surface area contributed by atoms with Crippen LogP contribution in [0.2, 0.25) is 0 Å². The SMILES string of the molecule is O=C(C1CCCN(c2ncccc2C(F)(F)F)C1)N1CCN(S(=O)(=O)Cc2ccccc2)CC1. The molecule has 1 aromatic carbocycles. The number of piperazine rings is 1. The number of halogens is 3. The zero-order valence-corrected chi connectivity index (χ0v) is 19.4. The number of pyridine rings is 1. The van der Waals surface area contributed by atoms with Crippen molar-refractivity contribution in [1.29, 1.82) is 0 Å². The van der Waals surface area contributed by atoms with Gasteiger partial charge in [0.15, 0.2) is 0 Å². The molecule has 1 atom stereocenters. The maximum Gasteiger partial charge on any atom is 0.419 e. The van der Waals surface area contributed by atoms with E-state index in [2.05, 4.69) is 4.98 Å². The molecule has 0 radical (unpaired) electrons. The average Bonchev–Trinajstić information content (AvgIpc) is 2.83. The fourth-order valence-corrected chi connectivity index (χ4v) is 6.08. The molecule has 2 aliphatic heterocycles. The van der Waals surface area contributed by atoms with Crippen LogP contribution in [0.5, 0.6) is 0 Å².